The Labute approximate surface area is 230 Å². The Morgan fingerprint density at radius 1 is 1.16 bits per heavy atom. The number of carbonyl (C=O) groups excluding carboxylic acids is 2. The van der Waals surface area contributed by atoms with Gasteiger partial charge >= 0.3 is 0 Å². The lowest BCUT2D eigenvalue weighted by atomic mass is 9.86. The molecular formula is C28H37ClN4O4S. The summed E-state index contributed by atoms with van der Waals surface area (Å²) < 4.78 is 27.8. The third kappa shape index (κ3) is 6.94. The summed E-state index contributed by atoms with van der Waals surface area (Å²) in [5.41, 5.74) is 3.73. The molecule has 1 saturated heterocycles. The zero-order chi connectivity index (χ0) is 27.5. The van der Waals surface area contributed by atoms with Crippen LogP contribution in [0, 0.1) is 5.41 Å². The van der Waals surface area contributed by atoms with E-state index in [0.717, 1.165) is 42.2 Å². The molecule has 2 amide bonds. The number of benzene rings is 2. The molecule has 0 radical (unpaired) electrons. The van der Waals surface area contributed by atoms with Gasteiger partial charge in [-0.3, -0.25) is 9.59 Å². The van der Waals surface area contributed by atoms with Crippen molar-refractivity contribution in [2.75, 3.05) is 19.6 Å². The summed E-state index contributed by atoms with van der Waals surface area (Å²) in [6.07, 6.45) is 2.44. The third-order valence-corrected chi connectivity index (χ3v) is 9.10. The highest BCUT2D eigenvalue weighted by Gasteiger charge is 2.40. The van der Waals surface area contributed by atoms with Crippen LogP contribution < -0.4 is 16.0 Å². The Morgan fingerprint density at radius 3 is 2.61 bits per heavy atom. The van der Waals surface area contributed by atoms with Crippen molar-refractivity contribution in [3.8, 4) is 0 Å². The number of amides is 2. The number of nitrogens with one attached hydrogen (secondary N) is 3. The fourth-order valence-corrected chi connectivity index (χ4v) is 6.77. The lowest BCUT2D eigenvalue weighted by Gasteiger charge is -2.34. The quantitative estimate of drug-likeness (QED) is 0.458. The molecule has 2 aromatic rings. The van der Waals surface area contributed by atoms with E-state index in [1.54, 1.807) is 0 Å². The molecule has 3 N–H and O–H groups in total. The Bertz CT molecular complexity index is 1270. The fourth-order valence-electron chi connectivity index (χ4n) is 5.06. The maximum atomic E-state index is 13.3. The van der Waals surface area contributed by atoms with Crippen molar-refractivity contribution >= 4 is 33.4 Å². The Hall–Kier alpha value is -2.46. The molecule has 0 saturated carbocycles. The highest BCUT2D eigenvalue weighted by atomic mass is 35.5. The molecule has 1 unspecified atom stereocenters. The molecule has 4 rings (SSSR count). The van der Waals surface area contributed by atoms with Gasteiger partial charge in [-0.15, -0.1) is 0 Å². The molecule has 1 aliphatic carbocycles. The van der Waals surface area contributed by atoms with Gasteiger partial charge in [0.15, 0.2) is 0 Å². The minimum atomic E-state index is -3.98. The van der Waals surface area contributed by atoms with Gasteiger partial charge in [0.2, 0.25) is 21.8 Å². The number of piperazine rings is 1. The number of nitrogens with zero attached hydrogens (tertiary/aromatic N) is 1. The van der Waals surface area contributed by atoms with Crippen LogP contribution in [0.25, 0.3) is 0 Å². The molecule has 1 heterocycles. The van der Waals surface area contributed by atoms with Gasteiger partial charge in [-0.1, -0.05) is 50.6 Å². The third-order valence-electron chi connectivity index (χ3n) is 6.92. The first-order chi connectivity index (χ1) is 17.9. The van der Waals surface area contributed by atoms with Gasteiger partial charge in [0.25, 0.3) is 0 Å². The Morgan fingerprint density at radius 2 is 1.89 bits per heavy atom. The maximum Gasteiger partial charge on any atom is 0.243 e. The molecule has 1 aliphatic heterocycles. The standard InChI is InChI=1S/C28H37ClN4O4S/c1-28(2,3)18-30-17-19-7-12-23-20(15-19)5-4-6-24(23)32-26(34)16-25-27(35)31-13-14-33(25)38(36,37)22-10-8-21(29)9-11-22/h7-12,15,24-25,30H,4-6,13-14,16-18H2,1-3H3,(H,31,35)(H,32,34)/t24-,25?/m1/s1. The molecule has 1 fully saturated rings. The Kier molecular flexibility index (Phi) is 8.82. The zero-order valence-corrected chi connectivity index (χ0v) is 23.8. The molecule has 8 nitrogen and oxygen atoms in total. The molecule has 0 aromatic heterocycles. The average molecular weight is 561 g/mol. The van der Waals surface area contributed by atoms with Crippen molar-refractivity contribution in [2.45, 2.75) is 70.0 Å². The smallest absolute Gasteiger partial charge is 0.243 e. The van der Waals surface area contributed by atoms with Gasteiger partial charge in [-0.2, -0.15) is 4.31 Å². The lowest BCUT2D eigenvalue weighted by Crippen LogP contribution is -2.58. The normalized spacial score (nSPS) is 20.5. The largest absolute Gasteiger partial charge is 0.353 e. The van der Waals surface area contributed by atoms with Crippen molar-refractivity contribution in [1.82, 2.24) is 20.3 Å². The van der Waals surface area contributed by atoms with Gasteiger partial charge in [-0.05, 0) is 65.6 Å². The molecule has 2 aromatic carbocycles. The first kappa shape index (κ1) is 28.5. The highest BCUT2D eigenvalue weighted by Crippen LogP contribution is 2.31. The van der Waals surface area contributed by atoms with E-state index < -0.39 is 22.0 Å². The van der Waals surface area contributed by atoms with Crippen LogP contribution in [0.15, 0.2) is 47.4 Å². The van der Waals surface area contributed by atoms with E-state index in [2.05, 4.69) is 54.9 Å². The van der Waals surface area contributed by atoms with Crippen molar-refractivity contribution in [3.63, 3.8) is 0 Å². The van der Waals surface area contributed by atoms with Crippen LogP contribution in [0.1, 0.15) is 62.8 Å². The number of hydrogen-bond donors (Lipinski definition) is 3. The summed E-state index contributed by atoms with van der Waals surface area (Å²) in [5, 5.41) is 9.69. The van der Waals surface area contributed by atoms with Crippen LogP contribution in [0.4, 0.5) is 0 Å². The molecule has 0 spiro atoms. The number of fused-ring (bicyclic) bond motifs is 1. The number of aryl methyl sites for hydroxylation is 1. The molecular weight excluding hydrogens is 524 g/mol. The van der Waals surface area contributed by atoms with Crippen molar-refractivity contribution in [1.29, 1.82) is 0 Å². The van der Waals surface area contributed by atoms with Gasteiger partial charge in [0, 0.05) is 31.2 Å². The zero-order valence-electron chi connectivity index (χ0n) is 22.2. The monoisotopic (exact) mass is 560 g/mol. The SMILES string of the molecule is CC(C)(C)CNCc1ccc2c(c1)CCC[C@H]2NC(=O)CC1C(=O)NCCN1S(=O)(=O)c1ccc(Cl)cc1. The van der Waals surface area contributed by atoms with Gasteiger partial charge in [0.1, 0.15) is 6.04 Å². The van der Waals surface area contributed by atoms with Crippen LogP contribution in [-0.4, -0.2) is 50.2 Å². The van der Waals surface area contributed by atoms with Crippen molar-refractivity contribution < 1.29 is 18.0 Å². The van der Waals surface area contributed by atoms with E-state index in [9.17, 15) is 18.0 Å². The van der Waals surface area contributed by atoms with E-state index in [1.165, 1.54) is 35.4 Å². The van der Waals surface area contributed by atoms with Gasteiger partial charge in [-0.25, -0.2) is 8.42 Å². The second-order valence-corrected chi connectivity index (χ2v) is 13.6. The van der Waals surface area contributed by atoms with E-state index in [0.29, 0.717) is 5.02 Å². The van der Waals surface area contributed by atoms with Crippen LogP contribution in [0.2, 0.25) is 5.02 Å². The van der Waals surface area contributed by atoms with E-state index in [4.69, 9.17) is 11.6 Å². The average Bonchev–Trinajstić information content (AvgIpc) is 2.85. The second-order valence-electron chi connectivity index (χ2n) is 11.3. The predicted molar refractivity (Wildman–Crippen MR) is 148 cm³/mol. The number of carbonyl (C=O) groups is 2. The van der Waals surface area contributed by atoms with Crippen molar-refractivity contribution in [3.05, 3.63) is 64.2 Å². The van der Waals surface area contributed by atoms with E-state index >= 15 is 0 Å². The minimum absolute atomic E-state index is 0.0380. The summed E-state index contributed by atoms with van der Waals surface area (Å²) >= 11 is 5.92. The lowest BCUT2D eigenvalue weighted by molar-refractivity contribution is -0.132. The number of hydrogen-bond acceptors (Lipinski definition) is 5. The van der Waals surface area contributed by atoms with Crippen molar-refractivity contribution in [2.24, 2.45) is 5.41 Å². The first-order valence-electron chi connectivity index (χ1n) is 13.1. The number of halogens is 1. The summed E-state index contributed by atoms with van der Waals surface area (Å²) in [6, 6.07) is 10.9. The second kappa shape index (κ2) is 11.7. The van der Waals surface area contributed by atoms with E-state index in [1.807, 2.05) is 0 Å². The molecule has 206 valence electrons. The van der Waals surface area contributed by atoms with Gasteiger partial charge < -0.3 is 16.0 Å². The molecule has 10 heteroatoms. The predicted octanol–water partition coefficient (Wildman–Crippen LogP) is 3.55. The van der Waals surface area contributed by atoms with Gasteiger partial charge in [0.05, 0.1) is 17.4 Å². The topological polar surface area (TPSA) is 108 Å². The van der Waals surface area contributed by atoms with Crippen LogP contribution in [-0.2, 0) is 32.6 Å². The number of sulfonamides is 1. The summed E-state index contributed by atoms with van der Waals surface area (Å²) in [4.78, 5) is 25.9. The fraction of sp³-hybridized carbons (Fsp3) is 0.500. The summed E-state index contributed by atoms with van der Waals surface area (Å²) in [6.45, 7) is 8.58. The molecule has 2 atom stereocenters. The summed E-state index contributed by atoms with van der Waals surface area (Å²) in [5.74, 6) is -0.822. The summed E-state index contributed by atoms with van der Waals surface area (Å²) in [7, 11) is -3.98. The van der Waals surface area contributed by atoms with Crippen LogP contribution in [0.5, 0.6) is 0 Å². The Balaban J connectivity index is 1.44. The molecule has 2 aliphatic rings. The molecule has 38 heavy (non-hydrogen) atoms. The van der Waals surface area contributed by atoms with Crippen LogP contribution in [0.3, 0.4) is 0 Å². The molecule has 0 bridgehead atoms. The maximum absolute atomic E-state index is 13.3. The first-order valence-corrected chi connectivity index (χ1v) is 14.9. The number of rotatable bonds is 8. The van der Waals surface area contributed by atoms with Crippen LogP contribution >= 0.6 is 11.6 Å². The van der Waals surface area contributed by atoms with E-state index in [-0.39, 0.29) is 41.8 Å². The highest BCUT2D eigenvalue weighted by molar-refractivity contribution is 7.89. The minimum Gasteiger partial charge on any atom is -0.353 e.